The number of benzene rings is 2. The monoisotopic (exact) mass is 412 g/mol. The molecule has 0 aromatic heterocycles. The zero-order valence-corrected chi connectivity index (χ0v) is 19.0. The predicted octanol–water partition coefficient (Wildman–Crippen LogP) is 4.48. The predicted molar refractivity (Wildman–Crippen MR) is 121 cm³/mol. The number of ether oxygens (including phenoxy) is 3. The fourth-order valence-electron chi connectivity index (χ4n) is 4.63. The third-order valence-corrected chi connectivity index (χ3v) is 5.83. The Balaban J connectivity index is 1.64. The van der Waals surface area contributed by atoms with Gasteiger partial charge in [0, 0.05) is 32.7 Å². The van der Waals surface area contributed by atoms with Crippen molar-refractivity contribution in [3.8, 4) is 17.2 Å². The van der Waals surface area contributed by atoms with Gasteiger partial charge in [0.1, 0.15) is 0 Å². The molecular formula is C25H36N2O3. The molecule has 1 aliphatic rings. The Hall–Kier alpha value is -2.24. The molecule has 1 heterocycles. The fraction of sp³-hybridized carbons (Fsp3) is 0.520. The van der Waals surface area contributed by atoms with Crippen molar-refractivity contribution in [3.05, 3.63) is 53.1 Å². The standard InChI is InChI=1S/C25H36N2O3/c1-18-10-19(2)16-27(15-18)17-22-9-7-6-8-21(22)14-26-13-20-11-23(28-3)25(30-5)24(12-20)29-4/h6-9,11-12,18-19,26H,10,13-17H2,1-5H3/t18-,19-/m1/s1. The first-order chi connectivity index (χ1) is 14.5. The van der Waals surface area contributed by atoms with Crippen molar-refractivity contribution in [1.29, 1.82) is 0 Å². The van der Waals surface area contributed by atoms with Gasteiger partial charge in [0.05, 0.1) is 21.3 Å². The molecule has 0 aliphatic carbocycles. The van der Waals surface area contributed by atoms with Gasteiger partial charge < -0.3 is 19.5 Å². The summed E-state index contributed by atoms with van der Waals surface area (Å²) in [6.07, 6.45) is 1.34. The van der Waals surface area contributed by atoms with E-state index >= 15 is 0 Å². The van der Waals surface area contributed by atoms with E-state index in [-0.39, 0.29) is 0 Å². The van der Waals surface area contributed by atoms with Crippen LogP contribution < -0.4 is 19.5 Å². The van der Waals surface area contributed by atoms with Gasteiger partial charge in [-0.25, -0.2) is 0 Å². The van der Waals surface area contributed by atoms with E-state index in [1.165, 1.54) is 30.6 Å². The van der Waals surface area contributed by atoms with Gasteiger partial charge in [-0.05, 0) is 47.1 Å². The number of rotatable bonds is 9. The first-order valence-electron chi connectivity index (χ1n) is 10.8. The Morgan fingerprint density at radius 3 is 2.03 bits per heavy atom. The van der Waals surface area contributed by atoms with Crippen LogP contribution in [0.25, 0.3) is 0 Å². The van der Waals surface area contributed by atoms with Crippen LogP contribution in [-0.2, 0) is 19.6 Å². The van der Waals surface area contributed by atoms with Gasteiger partial charge in [-0.2, -0.15) is 0 Å². The molecule has 0 unspecified atom stereocenters. The summed E-state index contributed by atoms with van der Waals surface area (Å²) in [6, 6.07) is 12.8. The molecule has 0 amide bonds. The Labute approximate surface area is 181 Å². The topological polar surface area (TPSA) is 43.0 Å². The normalized spacial score (nSPS) is 19.5. The zero-order valence-electron chi connectivity index (χ0n) is 19.0. The molecule has 5 nitrogen and oxygen atoms in total. The quantitative estimate of drug-likeness (QED) is 0.658. The second kappa shape index (κ2) is 10.7. The van der Waals surface area contributed by atoms with E-state index in [1.807, 2.05) is 12.1 Å². The SMILES string of the molecule is COc1cc(CNCc2ccccc2CN2C[C@H](C)C[C@@H](C)C2)cc(OC)c1OC. The van der Waals surface area contributed by atoms with Crippen LogP contribution in [0.4, 0.5) is 0 Å². The van der Waals surface area contributed by atoms with Crippen molar-refractivity contribution in [2.24, 2.45) is 11.8 Å². The number of nitrogens with one attached hydrogen (secondary N) is 1. The summed E-state index contributed by atoms with van der Waals surface area (Å²) in [5.74, 6) is 3.54. The van der Waals surface area contributed by atoms with Crippen LogP contribution in [0, 0.1) is 11.8 Å². The van der Waals surface area contributed by atoms with Crippen LogP contribution in [-0.4, -0.2) is 39.3 Å². The summed E-state index contributed by atoms with van der Waals surface area (Å²) in [5, 5.41) is 3.58. The van der Waals surface area contributed by atoms with E-state index in [0.717, 1.165) is 37.0 Å². The van der Waals surface area contributed by atoms with Gasteiger partial charge in [-0.1, -0.05) is 38.1 Å². The van der Waals surface area contributed by atoms with E-state index in [4.69, 9.17) is 14.2 Å². The minimum absolute atomic E-state index is 0.624. The molecule has 0 saturated carbocycles. The largest absolute Gasteiger partial charge is 0.493 e. The van der Waals surface area contributed by atoms with Gasteiger partial charge in [-0.15, -0.1) is 0 Å². The average Bonchev–Trinajstić information content (AvgIpc) is 2.73. The van der Waals surface area contributed by atoms with Crippen molar-refractivity contribution < 1.29 is 14.2 Å². The lowest BCUT2D eigenvalue weighted by Gasteiger charge is -2.35. The Morgan fingerprint density at radius 2 is 1.47 bits per heavy atom. The van der Waals surface area contributed by atoms with Crippen molar-refractivity contribution in [2.45, 2.75) is 39.9 Å². The van der Waals surface area contributed by atoms with Crippen molar-refractivity contribution >= 4 is 0 Å². The zero-order chi connectivity index (χ0) is 21.5. The van der Waals surface area contributed by atoms with Crippen molar-refractivity contribution in [2.75, 3.05) is 34.4 Å². The summed E-state index contributed by atoms with van der Waals surface area (Å²) >= 11 is 0. The summed E-state index contributed by atoms with van der Waals surface area (Å²) in [4.78, 5) is 2.61. The molecule has 0 radical (unpaired) electrons. The molecule has 5 heteroatoms. The van der Waals surface area contributed by atoms with Crippen molar-refractivity contribution in [1.82, 2.24) is 10.2 Å². The maximum atomic E-state index is 5.47. The molecule has 164 valence electrons. The highest BCUT2D eigenvalue weighted by molar-refractivity contribution is 5.53. The minimum atomic E-state index is 0.624. The summed E-state index contributed by atoms with van der Waals surface area (Å²) < 4.78 is 16.3. The fourth-order valence-corrected chi connectivity index (χ4v) is 4.63. The van der Waals surface area contributed by atoms with Crippen LogP contribution in [0.3, 0.4) is 0 Å². The van der Waals surface area contributed by atoms with Gasteiger partial charge in [0.2, 0.25) is 5.75 Å². The van der Waals surface area contributed by atoms with Crippen molar-refractivity contribution in [3.63, 3.8) is 0 Å². The molecule has 3 rings (SSSR count). The number of nitrogens with zero attached hydrogens (tertiary/aromatic N) is 1. The second-order valence-corrected chi connectivity index (χ2v) is 8.55. The molecular weight excluding hydrogens is 376 g/mol. The molecule has 1 N–H and O–H groups in total. The molecule has 2 aromatic carbocycles. The van der Waals surface area contributed by atoms with Crippen LogP contribution >= 0.6 is 0 Å². The highest BCUT2D eigenvalue weighted by Crippen LogP contribution is 2.38. The van der Waals surface area contributed by atoms with Gasteiger partial charge >= 0.3 is 0 Å². The lowest BCUT2D eigenvalue weighted by molar-refractivity contribution is 0.134. The lowest BCUT2D eigenvalue weighted by atomic mass is 9.91. The van der Waals surface area contributed by atoms with Gasteiger partial charge in [-0.3, -0.25) is 4.90 Å². The van der Waals surface area contributed by atoms with E-state index in [1.54, 1.807) is 21.3 Å². The minimum Gasteiger partial charge on any atom is -0.493 e. The smallest absolute Gasteiger partial charge is 0.203 e. The second-order valence-electron chi connectivity index (χ2n) is 8.55. The lowest BCUT2D eigenvalue weighted by Crippen LogP contribution is -2.38. The maximum absolute atomic E-state index is 5.47. The average molecular weight is 413 g/mol. The highest BCUT2D eigenvalue weighted by atomic mass is 16.5. The number of piperidine rings is 1. The first kappa shape index (κ1) is 22.4. The van der Waals surface area contributed by atoms with E-state index in [0.29, 0.717) is 17.2 Å². The number of likely N-dealkylation sites (tertiary alicyclic amines) is 1. The third-order valence-electron chi connectivity index (χ3n) is 5.83. The molecule has 2 aromatic rings. The van der Waals surface area contributed by atoms with Crippen LogP contribution in [0.1, 0.15) is 37.0 Å². The summed E-state index contributed by atoms with van der Waals surface area (Å²) in [7, 11) is 4.92. The van der Waals surface area contributed by atoms with Crippen LogP contribution in [0.2, 0.25) is 0 Å². The van der Waals surface area contributed by atoms with E-state index in [9.17, 15) is 0 Å². The Kier molecular flexibility index (Phi) is 8.00. The molecule has 1 fully saturated rings. The summed E-state index contributed by atoms with van der Waals surface area (Å²) in [6.45, 7) is 9.70. The third kappa shape index (κ3) is 5.67. The van der Waals surface area contributed by atoms with E-state index in [2.05, 4.69) is 48.3 Å². The molecule has 2 atom stereocenters. The highest BCUT2D eigenvalue weighted by Gasteiger charge is 2.22. The molecule has 0 bridgehead atoms. The number of methoxy groups -OCH3 is 3. The van der Waals surface area contributed by atoms with Gasteiger partial charge in [0.25, 0.3) is 0 Å². The first-order valence-corrected chi connectivity index (χ1v) is 10.8. The van der Waals surface area contributed by atoms with Gasteiger partial charge in [0.15, 0.2) is 11.5 Å². The number of hydrogen-bond donors (Lipinski definition) is 1. The van der Waals surface area contributed by atoms with E-state index < -0.39 is 0 Å². The Morgan fingerprint density at radius 1 is 0.867 bits per heavy atom. The maximum Gasteiger partial charge on any atom is 0.203 e. The molecule has 1 aliphatic heterocycles. The number of hydrogen-bond acceptors (Lipinski definition) is 5. The van der Waals surface area contributed by atoms with Crippen LogP contribution in [0.5, 0.6) is 17.2 Å². The Bertz CT molecular complexity index is 789. The van der Waals surface area contributed by atoms with Crippen LogP contribution in [0.15, 0.2) is 36.4 Å². The summed E-state index contributed by atoms with van der Waals surface area (Å²) in [5.41, 5.74) is 3.87. The molecule has 30 heavy (non-hydrogen) atoms. The molecule has 0 spiro atoms. The molecule has 1 saturated heterocycles.